The molecule has 0 saturated carbocycles. The third kappa shape index (κ3) is 2.99. The van der Waals surface area contributed by atoms with Gasteiger partial charge in [0.15, 0.2) is 0 Å². The average molecular weight is 200 g/mol. The lowest BCUT2D eigenvalue weighted by Gasteiger charge is -2.26. The van der Waals surface area contributed by atoms with Gasteiger partial charge in [-0.25, -0.2) is 0 Å². The van der Waals surface area contributed by atoms with Crippen LogP contribution in [-0.2, 0) is 14.3 Å². The molecule has 1 aliphatic rings. The monoisotopic (exact) mass is 200 g/mol. The Kier molecular flexibility index (Phi) is 3.88. The van der Waals surface area contributed by atoms with E-state index in [1.54, 1.807) is 0 Å². The molecule has 0 aliphatic carbocycles. The van der Waals surface area contributed by atoms with Gasteiger partial charge in [0.05, 0.1) is 13.2 Å². The van der Waals surface area contributed by atoms with Crippen LogP contribution in [0.5, 0.6) is 0 Å². The first-order valence-corrected chi connectivity index (χ1v) is 4.79. The molecule has 0 radical (unpaired) electrons. The standard InChI is InChI=1S/C9H16N2O3/c1-7(2)10-8(12)9(13)11-3-5-14-6-4-11/h7H,3-6H2,1-2H3,(H,10,12). The summed E-state index contributed by atoms with van der Waals surface area (Å²) in [6, 6.07) is -0.00695. The summed E-state index contributed by atoms with van der Waals surface area (Å²) < 4.78 is 5.09. The molecule has 0 aromatic heterocycles. The molecule has 1 saturated heterocycles. The number of nitrogens with zero attached hydrogens (tertiary/aromatic N) is 1. The summed E-state index contributed by atoms with van der Waals surface area (Å²) in [6.45, 7) is 5.69. The highest BCUT2D eigenvalue weighted by Gasteiger charge is 2.23. The van der Waals surface area contributed by atoms with Crippen molar-refractivity contribution in [3.8, 4) is 0 Å². The molecule has 0 bridgehead atoms. The highest BCUT2D eigenvalue weighted by atomic mass is 16.5. The normalized spacial score (nSPS) is 16.9. The maximum Gasteiger partial charge on any atom is 0.312 e. The van der Waals surface area contributed by atoms with Gasteiger partial charge in [0, 0.05) is 19.1 Å². The fourth-order valence-corrected chi connectivity index (χ4v) is 1.23. The van der Waals surface area contributed by atoms with E-state index >= 15 is 0 Å². The molecule has 1 rings (SSSR count). The molecule has 5 nitrogen and oxygen atoms in total. The van der Waals surface area contributed by atoms with Crippen LogP contribution in [0.1, 0.15) is 13.8 Å². The molecule has 0 unspecified atom stereocenters. The Morgan fingerprint density at radius 2 is 1.86 bits per heavy atom. The lowest BCUT2D eigenvalue weighted by molar-refractivity contribution is -0.148. The highest BCUT2D eigenvalue weighted by molar-refractivity contribution is 6.35. The van der Waals surface area contributed by atoms with Crippen LogP contribution in [0, 0.1) is 0 Å². The Bertz CT molecular complexity index is 222. The Hall–Kier alpha value is -1.10. The summed E-state index contributed by atoms with van der Waals surface area (Å²) in [4.78, 5) is 24.3. The quantitative estimate of drug-likeness (QED) is 0.573. The van der Waals surface area contributed by atoms with Gasteiger partial charge in [-0.1, -0.05) is 0 Å². The number of carbonyl (C=O) groups excluding carboxylic acids is 2. The van der Waals surface area contributed by atoms with Crippen molar-refractivity contribution in [3.63, 3.8) is 0 Å². The van der Waals surface area contributed by atoms with E-state index in [-0.39, 0.29) is 6.04 Å². The Balaban J connectivity index is 2.42. The zero-order valence-electron chi connectivity index (χ0n) is 8.58. The Labute approximate surface area is 83.4 Å². The maximum absolute atomic E-state index is 11.5. The Morgan fingerprint density at radius 1 is 1.29 bits per heavy atom. The predicted octanol–water partition coefficient (Wildman–Crippen LogP) is -0.630. The second-order valence-electron chi connectivity index (χ2n) is 3.53. The van der Waals surface area contributed by atoms with Gasteiger partial charge in [0.25, 0.3) is 0 Å². The van der Waals surface area contributed by atoms with Crippen LogP contribution >= 0.6 is 0 Å². The molecular formula is C9H16N2O3. The number of amides is 2. The largest absolute Gasteiger partial charge is 0.378 e. The van der Waals surface area contributed by atoms with Crippen LogP contribution < -0.4 is 5.32 Å². The summed E-state index contributed by atoms with van der Waals surface area (Å²) in [5.74, 6) is -0.982. The van der Waals surface area contributed by atoms with Crippen molar-refractivity contribution >= 4 is 11.8 Å². The molecule has 1 aliphatic heterocycles. The van der Waals surface area contributed by atoms with Crippen molar-refractivity contribution in [3.05, 3.63) is 0 Å². The highest BCUT2D eigenvalue weighted by Crippen LogP contribution is 1.97. The summed E-state index contributed by atoms with van der Waals surface area (Å²) in [5.41, 5.74) is 0. The molecule has 1 N–H and O–H groups in total. The minimum atomic E-state index is -0.526. The summed E-state index contributed by atoms with van der Waals surface area (Å²) in [7, 11) is 0. The van der Waals surface area contributed by atoms with Crippen LogP contribution in [0.25, 0.3) is 0 Å². The van der Waals surface area contributed by atoms with Gasteiger partial charge in [-0.05, 0) is 13.8 Å². The SMILES string of the molecule is CC(C)NC(=O)C(=O)N1CCOCC1. The molecule has 0 aromatic rings. The van der Waals surface area contributed by atoms with Crippen LogP contribution in [0.3, 0.4) is 0 Å². The van der Waals surface area contributed by atoms with Gasteiger partial charge in [-0.2, -0.15) is 0 Å². The summed E-state index contributed by atoms with van der Waals surface area (Å²) in [6.07, 6.45) is 0. The molecule has 0 spiro atoms. The third-order valence-electron chi connectivity index (χ3n) is 1.91. The van der Waals surface area contributed by atoms with Crippen LogP contribution in [0.15, 0.2) is 0 Å². The summed E-state index contributed by atoms with van der Waals surface area (Å²) >= 11 is 0. The number of rotatable bonds is 1. The van der Waals surface area contributed by atoms with Gasteiger partial charge in [0.1, 0.15) is 0 Å². The predicted molar refractivity (Wildman–Crippen MR) is 50.7 cm³/mol. The third-order valence-corrected chi connectivity index (χ3v) is 1.91. The summed E-state index contributed by atoms with van der Waals surface area (Å²) in [5, 5.41) is 2.57. The minimum Gasteiger partial charge on any atom is -0.378 e. The number of hydrogen-bond donors (Lipinski definition) is 1. The van der Waals surface area contributed by atoms with Gasteiger partial charge >= 0.3 is 11.8 Å². The molecule has 2 amide bonds. The number of carbonyl (C=O) groups is 2. The number of hydrogen-bond acceptors (Lipinski definition) is 3. The number of ether oxygens (including phenoxy) is 1. The topological polar surface area (TPSA) is 58.6 Å². The smallest absolute Gasteiger partial charge is 0.312 e. The first kappa shape index (κ1) is 11.0. The number of morpholine rings is 1. The fourth-order valence-electron chi connectivity index (χ4n) is 1.23. The van der Waals surface area contributed by atoms with E-state index in [2.05, 4.69) is 5.32 Å². The van der Waals surface area contributed by atoms with Gasteiger partial charge in [0.2, 0.25) is 0 Å². The minimum absolute atomic E-state index is 0.00695. The van der Waals surface area contributed by atoms with E-state index in [0.717, 1.165) is 0 Å². The van der Waals surface area contributed by atoms with E-state index in [1.165, 1.54) is 4.90 Å². The van der Waals surface area contributed by atoms with E-state index in [9.17, 15) is 9.59 Å². The van der Waals surface area contributed by atoms with E-state index in [0.29, 0.717) is 26.3 Å². The molecule has 1 heterocycles. The molecule has 0 aromatic carbocycles. The van der Waals surface area contributed by atoms with Gasteiger partial charge < -0.3 is 15.0 Å². The molecule has 14 heavy (non-hydrogen) atoms. The second kappa shape index (κ2) is 4.95. The first-order valence-electron chi connectivity index (χ1n) is 4.79. The molecular weight excluding hydrogens is 184 g/mol. The van der Waals surface area contributed by atoms with Crippen molar-refractivity contribution in [1.82, 2.24) is 10.2 Å². The molecule has 80 valence electrons. The molecule has 1 fully saturated rings. The van der Waals surface area contributed by atoms with E-state index < -0.39 is 11.8 Å². The van der Waals surface area contributed by atoms with Crippen molar-refractivity contribution in [2.45, 2.75) is 19.9 Å². The first-order chi connectivity index (χ1) is 6.61. The van der Waals surface area contributed by atoms with E-state index in [1.807, 2.05) is 13.8 Å². The van der Waals surface area contributed by atoms with E-state index in [4.69, 9.17) is 4.74 Å². The molecule has 0 atom stereocenters. The van der Waals surface area contributed by atoms with Gasteiger partial charge in [-0.3, -0.25) is 9.59 Å². The van der Waals surface area contributed by atoms with Crippen LogP contribution in [-0.4, -0.2) is 49.1 Å². The lowest BCUT2D eigenvalue weighted by atomic mass is 10.3. The Morgan fingerprint density at radius 3 is 2.36 bits per heavy atom. The van der Waals surface area contributed by atoms with Crippen molar-refractivity contribution in [2.24, 2.45) is 0 Å². The lowest BCUT2D eigenvalue weighted by Crippen LogP contribution is -2.49. The zero-order chi connectivity index (χ0) is 10.6. The van der Waals surface area contributed by atoms with Gasteiger partial charge in [-0.15, -0.1) is 0 Å². The number of nitrogens with one attached hydrogen (secondary N) is 1. The maximum atomic E-state index is 11.5. The van der Waals surface area contributed by atoms with Crippen molar-refractivity contribution < 1.29 is 14.3 Å². The fraction of sp³-hybridized carbons (Fsp3) is 0.778. The molecule has 5 heteroatoms. The zero-order valence-corrected chi connectivity index (χ0v) is 8.58. The van der Waals surface area contributed by atoms with Crippen LogP contribution in [0.4, 0.5) is 0 Å². The second-order valence-corrected chi connectivity index (χ2v) is 3.53. The van der Waals surface area contributed by atoms with Crippen LogP contribution in [0.2, 0.25) is 0 Å². The average Bonchev–Trinajstić information content (AvgIpc) is 2.17. The van der Waals surface area contributed by atoms with Crippen molar-refractivity contribution in [2.75, 3.05) is 26.3 Å². The van der Waals surface area contributed by atoms with Crippen molar-refractivity contribution in [1.29, 1.82) is 0 Å².